The fourth-order valence-corrected chi connectivity index (χ4v) is 4.56. The SMILES string of the molecule is C=C(CCC)Nc1ccc(NC(=O)c2cccc(NC(=O)Nc3cccc(C(=C)Nc4ccc(NC(=O)CCC)cc4)c3)c2)cc1. The summed E-state index contributed by atoms with van der Waals surface area (Å²) in [6.45, 7) is 12.2. The van der Waals surface area contributed by atoms with Gasteiger partial charge in [0.05, 0.1) is 0 Å². The minimum absolute atomic E-state index is 0.0146. The highest BCUT2D eigenvalue weighted by molar-refractivity contribution is 6.06. The molecule has 0 aliphatic heterocycles. The summed E-state index contributed by atoms with van der Waals surface area (Å²) in [5.41, 5.74) is 6.88. The number of rotatable bonds is 14. The van der Waals surface area contributed by atoms with Gasteiger partial charge in [0.1, 0.15) is 0 Å². The highest BCUT2D eigenvalue weighted by Gasteiger charge is 2.10. The van der Waals surface area contributed by atoms with Crippen LogP contribution in [0, 0.1) is 0 Å². The van der Waals surface area contributed by atoms with E-state index in [9.17, 15) is 14.4 Å². The second-order valence-corrected chi connectivity index (χ2v) is 10.7. The van der Waals surface area contributed by atoms with Gasteiger partial charge < -0.3 is 31.9 Å². The summed E-state index contributed by atoms with van der Waals surface area (Å²) in [5, 5.41) is 17.9. The van der Waals surface area contributed by atoms with E-state index in [0.29, 0.717) is 34.7 Å². The predicted octanol–water partition coefficient (Wildman–Crippen LogP) is 9.13. The van der Waals surface area contributed by atoms with Gasteiger partial charge in [-0.2, -0.15) is 0 Å². The first-order valence-corrected chi connectivity index (χ1v) is 15.2. The number of nitrogens with one attached hydrogen (secondary N) is 6. The second-order valence-electron chi connectivity index (χ2n) is 10.7. The quantitative estimate of drug-likeness (QED) is 0.0843. The van der Waals surface area contributed by atoms with Crippen molar-refractivity contribution in [3.05, 3.63) is 127 Å². The molecule has 9 heteroatoms. The lowest BCUT2D eigenvalue weighted by molar-refractivity contribution is -0.116. The van der Waals surface area contributed by atoms with Crippen LogP contribution in [0.2, 0.25) is 0 Å². The topological polar surface area (TPSA) is 123 Å². The van der Waals surface area contributed by atoms with Gasteiger partial charge >= 0.3 is 6.03 Å². The van der Waals surface area contributed by atoms with Crippen LogP contribution in [0.15, 0.2) is 116 Å². The molecule has 0 aromatic heterocycles. The molecular formula is C37H40N6O3. The maximum Gasteiger partial charge on any atom is 0.323 e. The Hall–Kier alpha value is -5.83. The van der Waals surface area contributed by atoms with Crippen LogP contribution in [0.5, 0.6) is 0 Å². The summed E-state index contributed by atoms with van der Waals surface area (Å²) in [4.78, 5) is 37.6. The molecule has 6 N–H and O–H groups in total. The van der Waals surface area contributed by atoms with E-state index in [-0.39, 0.29) is 11.8 Å². The Morgan fingerprint density at radius 3 is 1.57 bits per heavy atom. The lowest BCUT2D eigenvalue weighted by atomic mass is 10.1. The molecule has 0 fully saturated rings. The average Bonchev–Trinajstić information content (AvgIpc) is 3.03. The minimum Gasteiger partial charge on any atom is -0.359 e. The van der Waals surface area contributed by atoms with Crippen molar-refractivity contribution in [2.75, 3.05) is 31.9 Å². The molecule has 46 heavy (non-hydrogen) atoms. The molecule has 4 rings (SSSR count). The number of allylic oxidation sites excluding steroid dienone is 1. The molecule has 0 spiro atoms. The molecule has 0 heterocycles. The molecule has 9 nitrogen and oxygen atoms in total. The molecule has 4 aromatic carbocycles. The van der Waals surface area contributed by atoms with E-state index in [2.05, 4.69) is 52.0 Å². The fourth-order valence-electron chi connectivity index (χ4n) is 4.56. The van der Waals surface area contributed by atoms with Gasteiger partial charge in [0.25, 0.3) is 5.91 Å². The van der Waals surface area contributed by atoms with E-state index < -0.39 is 6.03 Å². The third-order valence-electron chi connectivity index (χ3n) is 6.81. The molecule has 0 radical (unpaired) electrons. The van der Waals surface area contributed by atoms with Gasteiger partial charge in [0.2, 0.25) is 5.91 Å². The van der Waals surface area contributed by atoms with Crippen molar-refractivity contribution in [1.29, 1.82) is 0 Å². The summed E-state index contributed by atoms with van der Waals surface area (Å²) >= 11 is 0. The Balaban J connectivity index is 1.30. The average molecular weight is 617 g/mol. The molecular weight excluding hydrogens is 576 g/mol. The molecule has 0 atom stereocenters. The predicted molar refractivity (Wildman–Crippen MR) is 190 cm³/mol. The van der Waals surface area contributed by atoms with Crippen molar-refractivity contribution in [2.24, 2.45) is 0 Å². The van der Waals surface area contributed by atoms with Crippen LogP contribution in [0.3, 0.4) is 0 Å². The van der Waals surface area contributed by atoms with Gasteiger partial charge in [-0.1, -0.05) is 51.6 Å². The standard InChI is InChI=1S/C37H40N6O3/c1-5-9-25(3)38-29-15-21-32(22-16-29)41-36(45)28-12-8-14-34(24-28)43-37(46)42-33-13-7-11-27(23-33)26(4)39-30-17-19-31(20-18-30)40-35(44)10-6-2/h7-8,11-24,38-39H,3-6,9-10H2,1-2H3,(H,40,44)(H,41,45)(H2,42,43,46). The zero-order valence-corrected chi connectivity index (χ0v) is 26.2. The van der Waals surface area contributed by atoms with Gasteiger partial charge in [-0.3, -0.25) is 9.59 Å². The molecule has 236 valence electrons. The van der Waals surface area contributed by atoms with Crippen LogP contribution < -0.4 is 31.9 Å². The largest absolute Gasteiger partial charge is 0.359 e. The van der Waals surface area contributed by atoms with Crippen molar-refractivity contribution in [2.45, 2.75) is 39.5 Å². The van der Waals surface area contributed by atoms with E-state index >= 15 is 0 Å². The molecule has 4 aromatic rings. The number of benzene rings is 4. The van der Waals surface area contributed by atoms with Crippen molar-refractivity contribution < 1.29 is 14.4 Å². The first-order valence-electron chi connectivity index (χ1n) is 15.2. The molecule has 0 saturated carbocycles. The van der Waals surface area contributed by atoms with Crippen molar-refractivity contribution in [3.63, 3.8) is 0 Å². The van der Waals surface area contributed by atoms with Crippen LogP contribution >= 0.6 is 0 Å². The first kappa shape index (κ1) is 33.1. The number of hydrogen-bond acceptors (Lipinski definition) is 5. The number of hydrogen-bond donors (Lipinski definition) is 6. The van der Waals surface area contributed by atoms with Gasteiger partial charge in [0, 0.05) is 57.5 Å². The summed E-state index contributed by atoms with van der Waals surface area (Å²) in [5.74, 6) is -0.311. The number of amides is 4. The van der Waals surface area contributed by atoms with Crippen molar-refractivity contribution >= 4 is 57.7 Å². The summed E-state index contributed by atoms with van der Waals surface area (Å²) in [7, 11) is 0. The number of carbonyl (C=O) groups is 3. The van der Waals surface area contributed by atoms with Gasteiger partial charge in [-0.15, -0.1) is 0 Å². The highest BCUT2D eigenvalue weighted by Crippen LogP contribution is 2.23. The van der Waals surface area contributed by atoms with Gasteiger partial charge in [-0.05, 0) is 97.3 Å². The minimum atomic E-state index is -0.457. The van der Waals surface area contributed by atoms with E-state index in [1.807, 2.05) is 67.6 Å². The second kappa shape index (κ2) is 16.3. The molecule has 4 amide bonds. The maximum atomic E-state index is 12.9. The first-order chi connectivity index (χ1) is 22.2. The Bertz CT molecular complexity index is 1570. The van der Waals surface area contributed by atoms with Crippen LogP contribution in [0.25, 0.3) is 5.70 Å². The van der Waals surface area contributed by atoms with E-state index in [1.165, 1.54) is 0 Å². The Morgan fingerprint density at radius 2 is 1.00 bits per heavy atom. The van der Waals surface area contributed by atoms with E-state index in [1.54, 1.807) is 36.4 Å². The van der Waals surface area contributed by atoms with E-state index in [0.717, 1.165) is 47.6 Å². The summed E-state index contributed by atoms with van der Waals surface area (Å²) in [6.07, 6.45) is 3.17. The fraction of sp³-hybridized carbons (Fsp3) is 0.162. The van der Waals surface area contributed by atoms with Crippen molar-refractivity contribution in [3.8, 4) is 0 Å². The molecule has 0 aliphatic carbocycles. The molecule has 0 saturated heterocycles. The highest BCUT2D eigenvalue weighted by atomic mass is 16.2. The van der Waals surface area contributed by atoms with Crippen LogP contribution in [-0.2, 0) is 4.79 Å². The van der Waals surface area contributed by atoms with Gasteiger partial charge in [-0.25, -0.2) is 4.79 Å². The Kier molecular flexibility index (Phi) is 11.7. The number of carbonyl (C=O) groups excluding carboxylic acids is 3. The monoisotopic (exact) mass is 616 g/mol. The normalized spacial score (nSPS) is 10.3. The smallest absolute Gasteiger partial charge is 0.323 e. The van der Waals surface area contributed by atoms with Crippen molar-refractivity contribution in [1.82, 2.24) is 0 Å². The number of anilines is 6. The third kappa shape index (κ3) is 10.1. The molecule has 0 bridgehead atoms. The number of urea groups is 1. The van der Waals surface area contributed by atoms with Crippen LogP contribution in [0.1, 0.15) is 55.5 Å². The lowest BCUT2D eigenvalue weighted by Gasteiger charge is -2.13. The maximum absolute atomic E-state index is 12.9. The van der Waals surface area contributed by atoms with Crippen LogP contribution in [0.4, 0.5) is 38.9 Å². The van der Waals surface area contributed by atoms with E-state index in [4.69, 9.17) is 0 Å². The molecule has 0 aliphatic rings. The zero-order chi connectivity index (χ0) is 32.9. The summed E-state index contributed by atoms with van der Waals surface area (Å²) < 4.78 is 0. The van der Waals surface area contributed by atoms with Crippen LogP contribution in [-0.4, -0.2) is 17.8 Å². The Labute approximate surface area is 270 Å². The third-order valence-corrected chi connectivity index (χ3v) is 6.81. The molecule has 0 unspecified atom stereocenters. The summed E-state index contributed by atoms with van der Waals surface area (Å²) in [6, 6.07) is 28.3. The lowest BCUT2D eigenvalue weighted by Crippen LogP contribution is -2.20. The zero-order valence-electron chi connectivity index (χ0n) is 26.2. The van der Waals surface area contributed by atoms with Gasteiger partial charge in [0.15, 0.2) is 0 Å². The Morgan fingerprint density at radius 1 is 0.522 bits per heavy atom.